The van der Waals surface area contributed by atoms with Crippen molar-refractivity contribution >= 4 is 5.71 Å². The molecule has 0 heterocycles. The fourth-order valence-corrected chi connectivity index (χ4v) is 3.07. The predicted molar refractivity (Wildman–Crippen MR) is 71.4 cm³/mol. The number of nitrogens with one attached hydrogen (secondary N) is 1. The zero-order chi connectivity index (χ0) is 12.5. The molecule has 0 saturated heterocycles. The van der Waals surface area contributed by atoms with Crippen LogP contribution in [0.3, 0.4) is 0 Å². The Balaban J connectivity index is 1.97. The lowest BCUT2D eigenvalue weighted by Crippen LogP contribution is -2.24. The number of allylic oxidation sites excluding steroid dienone is 4. The van der Waals surface area contributed by atoms with Gasteiger partial charge in [0.1, 0.15) is 5.82 Å². The summed E-state index contributed by atoms with van der Waals surface area (Å²) < 4.78 is 13.0. The van der Waals surface area contributed by atoms with Crippen molar-refractivity contribution in [2.45, 2.75) is 25.2 Å². The molecule has 2 unspecified atom stereocenters. The van der Waals surface area contributed by atoms with E-state index in [0.717, 1.165) is 24.8 Å². The summed E-state index contributed by atoms with van der Waals surface area (Å²) in [6.07, 6.45) is 9.35. The second kappa shape index (κ2) is 4.52. The van der Waals surface area contributed by atoms with E-state index in [1.54, 1.807) is 0 Å². The lowest BCUT2D eigenvalue weighted by molar-refractivity contribution is 0.455. The van der Waals surface area contributed by atoms with Crippen molar-refractivity contribution in [2.24, 2.45) is 5.92 Å². The first-order valence-corrected chi connectivity index (χ1v) is 6.45. The minimum absolute atomic E-state index is 0.191. The molecule has 2 heteroatoms. The van der Waals surface area contributed by atoms with Crippen LogP contribution >= 0.6 is 0 Å². The summed E-state index contributed by atoms with van der Waals surface area (Å²) in [5.74, 6) is 0.640. The molecule has 0 bridgehead atoms. The van der Waals surface area contributed by atoms with Gasteiger partial charge in [-0.25, -0.2) is 4.39 Å². The molecular weight excluding hydrogens is 225 g/mol. The Morgan fingerprint density at radius 3 is 2.67 bits per heavy atom. The predicted octanol–water partition coefficient (Wildman–Crippen LogP) is 4.23. The third-order valence-electron chi connectivity index (χ3n) is 3.95. The SMILES string of the molecule is N=C1C=C2C=CCCC2C(c2ccc(F)cc2)C1. The molecule has 0 radical (unpaired) electrons. The maximum absolute atomic E-state index is 13.0. The molecule has 0 aliphatic heterocycles. The van der Waals surface area contributed by atoms with Crippen molar-refractivity contribution in [1.29, 1.82) is 5.41 Å². The quantitative estimate of drug-likeness (QED) is 0.761. The minimum atomic E-state index is -0.191. The Kier molecular flexibility index (Phi) is 2.86. The summed E-state index contributed by atoms with van der Waals surface area (Å²) in [5, 5.41) is 7.95. The Bertz CT molecular complexity index is 525. The van der Waals surface area contributed by atoms with Gasteiger partial charge in [-0.2, -0.15) is 0 Å². The average molecular weight is 241 g/mol. The highest BCUT2D eigenvalue weighted by molar-refractivity contribution is 5.95. The number of hydrogen-bond donors (Lipinski definition) is 1. The van der Waals surface area contributed by atoms with Crippen LogP contribution < -0.4 is 0 Å². The van der Waals surface area contributed by atoms with Crippen LogP contribution in [-0.4, -0.2) is 5.71 Å². The van der Waals surface area contributed by atoms with Crippen molar-refractivity contribution in [1.82, 2.24) is 0 Å². The van der Waals surface area contributed by atoms with Gasteiger partial charge < -0.3 is 5.41 Å². The molecule has 0 spiro atoms. The van der Waals surface area contributed by atoms with E-state index in [2.05, 4.69) is 12.2 Å². The highest BCUT2D eigenvalue weighted by Crippen LogP contribution is 2.42. The molecular formula is C16H16FN. The molecule has 0 fully saturated rings. The number of benzene rings is 1. The summed E-state index contributed by atoms with van der Waals surface area (Å²) in [4.78, 5) is 0. The Labute approximate surface area is 107 Å². The first-order valence-electron chi connectivity index (χ1n) is 6.45. The molecule has 1 aromatic rings. The zero-order valence-electron chi connectivity index (χ0n) is 10.2. The summed E-state index contributed by atoms with van der Waals surface area (Å²) >= 11 is 0. The molecule has 0 aromatic heterocycles. The lowest BCUT2D eigenvalue weighted by atomic mass is 9.70. The summed E-state index contributed by atoms with van der Waals surface area (Å²) in [6, 6.07) is 6.79. The van der Waals surface area contributed by atoms with Gasteiger partial charge in [-0.05, 0) is 60.4 Å². The van der Waals surface area contributed by atoms with Crippen molar-refractivity contribution in [3.8, 4) is 0 Å². The van der Waals surface area contributed by atoms with Gasteiger partial charge in [-0.3, -0.25) is 0 Å². The normalized spacial score (nSPS) is 26.7. The molecule has 92 valence electrons. The molecule has 2 aliphatic carbocycles. The van der Waals surface area contributed by atoms with Crippen molar-refractivity contribution in [3.05, 3.63) is 59.4 Å². The number of fused-ring (bicyclic) bond motifs is 1. The van der Waals surface area contributed by atoms with E-state index in [0.29, 0.717) is 17.5 Å². The molecule has 0 amide bonds. The first kappa shape index (κ1) is 11.4. The molecule has 1 aromatic carbocycles. The van der Waals surface area contributed by atoms with Crippen LogP contribution in [0.1, 0.15) is 30.7 Å². The van der Waals surface area contributed by atoms with Gasteiger partial charge in [0, 0.05) is 5.71 Å². The number of halogens is 1. The van der Waals surface area contributed by atoms with Crippen LogP contribution in [0.15, 0.2) is 48.1 Å². The van der Waals surface area contributed by atoms with Gasteiger partial charge in [-0.15, -0.1) is 0 Å². The van der Waals surface area contributed by atoms with Crippen molar-refractivity contribution in [3.63, 3.8) is 0 Å². The molecule has 1 nitrogen and oxygen atoms in total. The highest BCUT2D eigenvalue weighted by atomic mass is 19.1. The van der Waals surface area contributed by atoms with E-state index in [1.807, 2.05) is 18.2 Å². The van der Waals surface area contributed by atoms with E-state index < -0.39 is 0 Å². The van der Waals surface area contributed by atoms with E-state index in [-0.39, 0.29) is 5.82 Å². The number of rotatable bonds is 1. The van der Waals surface area contributed by atoms with E-state index in [1.165, 1.54) is 17.7 Å². The molecule has 2 atom stereocenters. The van der Waals surface area contributed by atoms with Crippen LogP contribution in [0.5, 0.6) is 0 Å². The largest absolute Gasteiger partial charge is 0.305 e. The monoisotopic (exact) mass is 241 g/mol. The fraction of sp³-hybridized carbons (Fsp3) is 0.312. The molecule has 2 aliphatic rings. The van der Waals surface area contributed by atoms with Gasteiger partial charge in [0.2, 0.25) is 0 Å². The van der Waals surface area contributed by atoms with Gasteiger partial charge in [0.25, 0.3) is 0 Å². The van der Waals surface area contributed by atoms with Gasteiger partial charge in [0.05, 0.1) is 0 Å². The molecule has 1 N–H and O–H groups in total. The average Bonchev–Trinajstić information content (AvgIpc) is 2.38. The summed E-state index contributed by atoms with van der Waals surface area (Å²) in [5.41, 5.74) is 3.11. The highest BCUT2D eigenvalue weighted by Gasteiger charge is 2.30. The van der Waals surface area contributed by atoms with E-state index in [9.17, 15) is 4.39 Å². The summed E-state index contributed by atoms with van der Waals surface area (Å²) in [7, 11) is 0. The molecule has 0 saturated carbocycles. The van der Waals surface area contributed by atoms with Crippen LogP contribution in [-0.2, 0) is 0 Å². The molecule has 18 heavy (non-hydrogen) atoms. The third-order valence-corrected chi connectivity index (χ3v) is 3.95. The van der Waals surface area contributed by atoms with Crippen LogP contribution in [0.4, 0.5) is 4.39 Å². The smallest absolute Gasteiger partial charge is 0.123 e. The van der Waals surface area contributed by atoms with E-state index in [4.69, 9.17) is 5.41 Å². The maximum atomic E-state index is 13.0. The van der Waals surface area contributed by atoms with Crippen molar-refractivity contribution < 1.29 is 4.39 Å². The van der Waals surface area contributed by atoms with Gasteiger partial charge in [-0.1, -0.05) is 24.3 Å². The third kappa shape index (κ3) is 2.03. The van der Waals surface area contributed by atoms with Crippen LogP contribution in [0.2, 0.25) is 0 Å². The second-order valence-corrected chi connectivity index (χ2v) is 5.12. The Morgan fingerprint density at radius 1 is 1.11 bits per heavy atom. The Hall–Kier alpha value is -1.70. The fourth-order valence-electron chi connectivity index (χ4n) is 3.07. The standard InChI is InChI=1S/C16H16FN/c17-13-7-5-11(6-8-13)16-10-14(18)9-12-3-1-2-4-15(12)16/h1,3,5-9,15-16,18H,2,4,10H2. The number of hydrogen-bond acceptors (Lipinski definition) is 1. The minimum Gasteiger partial charge on any atom is -0.305 e. The van der Waals surface area contributed by atoms with Crippen molar-refractivity contribution in [2.75, 3.05) is 0 Å². The van der Waals surface area contributed by atoms with E-state index >= 15 is 0 Å². The van der Waals surface area contributed by atoms with Gasteiger partial charge >= 0.3 is 0 Å². The molecule has 3 rings (SSSR count). The Morgan fingerprint density at radius 2 is 1.89 bits per heavy atom. The maximum Gasteiger partial charge on any atom is 0.123 e. The lowest BCUT2D eigenvalue weighted by Gasteiger charge is -2.34. The van der Waals surface area contributed by atoms with Crippen LogP contribution in [0, 0.1) is 17.1 Å². The first-order chi connectivity index (χ1) is 8.74. The van der Waals surface area contributed by atoms with Crippen LogP contribution in [0.25, 0.3) is 0 Å². The second-order valence-electron chi connectivity index (χ2n) is 5.12. The van der Waals surface area contributed by atoms with Gasteiger partial charge in [0.15, 0.2) is 0 Å². The zero-order valence-corrected chi connectivity index (χ0v) is 10.2. The summed E-state index contributed by atoms with van der Waals surface area (Å²) in [6.45, 7) is 0. The topological polar surface area (TPSA) is 23.9 Å².